The summed E-state index contributed by atoms with van der Waals surface area (Å²) in [5.41, 5.74) is 5.61. The second-order valence-electron chi connectivity index (χ2n) is 4.02. The van der Waals surface area contributed by atoms with Gasteiger partial charge in [0.05, 0.1) is 12.7 Å². The highest BCUT2D eigenvalue weighted by Crippen LogP contribution is 2.18. The number of nitrogens with one attached hydrogen (secondary N) is 2. The molecule has 4 atom stereocenters. The molecular formula is C9H18ClN3O2. The Labute approximate surface area is 95.5 Å². The van der Waals surface area contributed by atoms with Gasteiger partial charge in [0, 0.05) is 18.6 Å². The average molecular weight is 236 g/mol. The predicted octanol–water partition coefficient (Wildman–Crippen LogP) is -0.999. The molecule has 0 aromatic heterocycles. The van der Waals surface area contributed by atoms with Crippen molar-refractivity contribution in [2.24, 2.45) is 5.73 Å². The van der Waals surface area contributed by atoms with Crippen molar-refractivity contribution in [2.75, 3.05) is 13.2 Å². The highest BCUT2D eigenvalue weighted by Gasteiger charge is 2.38. The molecule has 0 bridgehead atoms. The fourth-order valence-electron chi connectivity index (χ4n) is 1.68. The summed E-state index contributed by atoms with van der Waals surface area (Å²) in [6.45, 7) is 3.32. The molecule has 2 aliphatic rings. The number of amides is 1. The van der Waals surface area contributed by atoms with Gasteiger partial charge in [-0.25, -0.2) is 0 Å². The van der Waals surface area contributed by atoms with E-state index in [4.69, 9.17) is 10.5 Å². The molecule has 2 rings (SSSR count). The molecule has 88 valence electrons. The lowest BCUT2D eigenvalue weighted by atomic mass is 10.1. The SMILES string of the molecule is C[C@H]1OCCN[C@@H]1C(=O)NC1CC1N.Cl. The van der Waals surface area contributed by atoms with Crippen molar-refractivity contribution in [1.82, 2.24) is 10.6 Å². The zero-order valence-corrected chi connectivity index (χ0v) is 9.55. The van der Waals surface area contributed by atoms with Gasteiger partial charge in [0.25, 0.3) is 0 Å². The average Bonchev–Trinajstić information content (AvgIpc) is 2.82. The van der Waals surface area contributed by atoms with Crippen molar-refractivity contribution in [3.05, 3.63) is 0 Å². The van der Waals surface area contributed by atoms with Crippen molar-refractivity contribution < 1.29 is 9.53 Å². The third-order valence-electron chi connectivity index (χ3n) is 2.77. The van der Waals surface area contributed by atoms with Gasteiger partial charge in [-0.1, -0.05) is 0 Å². The first-order valence-electron chi connectivity index (χ1n) is 5.09. The van der Waals surface area contributed by atoms with Crippen LogP contribution in [0.1, 0.15) is 13.3 Å². The Morgan fingerprint density at radius 2 is 2.27 bits per heavy atom. The number of halogens is 1. The van der Waals surface area contributed by atoms with Crippen LogP contribution in [0.25, 0.3) is 0 Å². The summed E-state index contributed by atoms with van der Waals surface area (Å²) >= 11 is 0. The molecule has 5 nitrogen and oxygen atoms in total. The van der Waals surface area contributed by atoms with Crippen LogP contribution in [0.4, 0.5) is 0 Å². The summed E-state index contributed by atoms with van der Waals surface area (Å²) in [6.07, 6.45) is 0.840. The normalized spacial score (nSPS) is 39.1. The van der Waals surface area contributed by atoms with Gasteiger partial charge in [-0.05, 0) is 13.3 Å². The Balaban J connectivity index is 0.00000112. The van der Waals surface area contributed by atoms with Crippen LogP contribution in [0.2, 0.25) is 0 Å². The number of carbonyl (C=O) groups is 1. The molecule has 1 saturated carbocycles. The van der Waals surface area contributed by atoms with E-state index in [1.807, 2.05) is 6.92 Å². The Kier molecular flexibility index (Phi) is 4.33. The topological polar surface area (TPSA) is 76.4 Å². The van der Waals surface area contributed by atoms with Gasteiger partial charge in [-0.15, -0.1) is 12.4 Å². The minimum Gasteiger partial charge on any atom is -0.375 e. The van der Waals surface area contributed by atoms with Crippen LogP contribution < -0.4 is 16.4 Å². The van der Waals surface area contributed by atoms with Gasteiger partial charge in [-0.2, -0.15) is 0 Å². The zero-order valence-electron chi connectivity index (χ0n) is 8.73. The van der Waals surface area contributed by atoms with E-state index < -0.39 is 0 Å². The van der Waals surface area contributed by atoms with Gasteiger partial charge in [-0.3, -0.25) is 4.79 Å². The van der Waals surface area contributed by atoms with Crippen LogP contribution >= 0.6 is 12.4 Å². The summed E-state index contributed by atoms with van der Waals surface area (Å²) in [6, 6.07) is 0.105. The molecule has 1 amide bonds. The molecule has 1 saturated heterocycles. The quantitative estimate of drug-likeness (QED) is 0.574. The standard InChI is InChI=1S/C9H17N3O2.ClH/c1-5-8(11-2-3-14-5)9(13)12-7-4-6(7)10;/h5-8,11H,2-4,10H2,1H3,(H,12,13);1H/t5-,6?,7?,8+;/m1./s1. The highest BCUT2D eigenvalue weighted by molar-refractivity contribution is 5.85. The Morgan fingerprint density at radius 1 is 1.60 bits per heavy atom. The summed E-state index contributed by atoms with van der Waals surface area (Å²) < 4.78 is 5.39. The van der Waals surface area contributed by atoms with Gasteiger partial charge < -0.3 is 21.1 Å². The lowest BCUT2D eigenvalue weighted by Crippen LogP contribution is -2.56. The molecule has 15 heavy (non-hydrogen) atoms. The number of ether oxygens (including phenoxy) is 1. The monoisotopic (exact) mass is 235 g/mol. The summed E-state index contributed by atoms with van der Waals surface area (Å²) in [5, 5.41) is 6.04. The van der Waals surface area contributed by atoms with Crippen molar-refractivity contribution in [3.8, 4) is 0 Å². The maximum Gasteiger partial charge on any atom is 0.240 e. The molecule has 2 fully saturated rings. The van der Waals surface area contributed by atoms with Crippen LogP contribution in [-0.2, 0) is 9.53 Å². The summed E-state index contributed by atoms with van der Waals surface area (Å²) in [7, 11) is 0. The minimum atomic E-state index is -0.225. The number of rotatable bonds is 2. The van der Waals surface area contributed by atoms with E-state index in [0.717, 1.165) is 13.0 Å². The number of hydrogen-bond acceptors (Lipinski definition) is 4. The van der Waals surface area contributed by atoms with Crippen LogP contribution in [0, 0.1) is 0 Å². The molecule has 0 radical (unpaired) electrons. The first-order chi connectivity index (χ1) is 6.68. The van der Waals surface area contributed by atoms with Crippen molar-refractivity contribution in [2.45, 2.75) is 37.6 Å². The van der Waals surface area contributed by atoms with Gasteiger partial charge in [0.1, 0.15) is 6.04 Å². The van der Waals surface area contributed by atoms with Crippen LogP contribution in [0.15, 0.2) is 0 Å². The Hall–Kier alpha value is -0.360. The van der Waals surface area contributed by atoms with E-state index in [1.165, 1.54) is 0 Å². The van der Waals surface area contributed by atoms with Gasteiger partial charge in [0.2, 0.25) is 5.91 Å². The van der Waals surface area contributed by atoms with E-state index >= 15 is 0 Å². The van der Waals surface area contributed by atoms with E-state index in [2.05, 4.69) is 10.6 Å². The lowest BCUT2D eigenvalue weighted by molar-refractivity contribution is -0.129. The fourth-order valence-corrected chi connectivity index (χ4v) is 1.68. The first kappa shape index (κ1) is 12.7. The van der Waals surface area contributed by atoms with Gasteiger partial charge in [0.15, 0.2) is 0 Å². The van der Waals surface area contributed by atoms with Gasteiger partial charge >= 0.3 is 0 Å². The molecular weight excluding hydrogens is 218 g/mol. The third-order valence-corrected chi connectivity index (χ3v) is 2.77. The molecule has 0 aromatic rings. The van der Waals surface area contributed by atoms with E-state index in [-0.39, 0.29) is 42.5 Å². The zero-order chi connectivity index (χ0) is 10.1. The fraction of sp³-hybridized carbons (Fsp3) is 0.889. The molecule has 2 unspecified atom stereocenters. The van der Waals surface area contributed by atoms with Crippen LogP contribution in [-0.4, -0.2) is 43.3 Å². The Morgan fingerprint density at radius 3 is 2.80 bits per heavy atom. The minimum absolute atomic E-state index is 0. The van der Waals surface area contributed by atoms with Crippen molar-refractivity contribution in [1.29, 1.82) is 0 Å². The molecule has 1 aliphatic carbocycles. The third kappa shape index (κ3) is 3.04. The number of carbonyl (C=O) groups excluding carboxylic acids is 1. The second-order valence-corrected chi connectivity index (χ2v) is 4.02. The van der Waals surface area contributed by atoms with Crippen LogP contribution in [0.3, 0.4) is 0 Å². The summed E-state index contributed by atoms with van der Waals surface area (Å²) in [4.78, 5) is 11.7. The van der Waals surface area contributed by atoms with E-state index in [9.17, 15) is 4.79 Å². The predicted molar refractivity (Wildman–Crippen MR) is 59.0 cm³/mol. The molecule has 4 N–H and O–H groups in total. The number of morpholine rings is 1. The molecule has 1 heterocycles. The largest absolute Gasteiger partial charge is 0.375 e. The maximum atomic E-state index is 11.7. The smallest absolute Gasteiger partial charge is 0.240 e. The summed E-state index contributed by atoms with van der Waals surface area (Å²) in [5.74, 6) is 0.00940. The van der Waals surface area contributed by atoms with E-state index in [0.29, 0.717) is 6.61 Å². The molecule has 1 aliphatic heterocycles. The maximum absolute atomic E-state index is 11.7. The lowest BCUT2D eigenvalue weighted by Gasteiger charge is -2.29. The molecule has 0 aromatic carbocycles. The Bertz CT molecular complexity index is 239. The van der Waals surface area contributed by atoms with Crippen molar-refractivity contribution in [3.63, 3.8) is 0 Å². The highest BCUT2D eigenvalue weighted by atomic mass is 35.5. The second kappa shape index (κ2) is 5.12. The molecule has 0 spiro atoms. The number of hydrogen-bond donors (Lipinski definition) is 3. The first-order valence-corrected chi connectivity index (χ1v) is 5.09. The van der Waals surface area contributed by atoms with Crippen LogP contribution in [0.5, 0.6) is 0 Å². The van der Waals surface area contributed by atoms with E-state index in [1.54, 1.807) is 0 Å². The van der Waals surface area contributed by atoms with Crippen molar-refractivity contribution >= 4 is 18.3 Å². The number of nitrogens with two attached hydrogens (primary N) is 1. The molecule has 6 heteroatoms.